The van der Waals surface area contributed by atoms with Gasteiger partial charge in [0.05, 0.1) is 5.69 Å². The van der Waals surface area contributed by atoms with Gasteiger partial charge in [0.15, 0.2) is 0 Å². The first-order valence-corrected chi connectivity index (χ1v) is 7.48. The lowest BCUT2D eigenvalue weighted by atomic mass is 10.1. The smallest absolute Gasteiger partial charge is 0.301 e. The van der Waals surface area contributed by atoms with Gasteiger partial charge in [-0.2, -0.15) is 12.7 Å². The summed E-state index contributed by atoms with van der Waals surface area (Å²) < 4.78 is 28.0. The van der Waals surface area contributed by atoms with Gasteiger partial charge in [0.2, 0.25) is 0 Å². The molecule has 0 spiro atoms. The number of nitrogens with two attached hydrogens (primary N) is 1. The predicted molar refractivity (Wildman–Crippen MR) is 74.5 cm³/mol. The van der Waals surface area contributed by atoms with E-state index >= 15 is 0 Å². The van der Waals surface area contributed by atoms with Crippen molar-refractivity contribution in [2.75, 3.05) is 17.8 Å². The number of hydrogen-bond donors (Lipinski definition) is 2. The first-order valence-electron chi connectivity index (χ1n) is 6.04. The lowest BCUT2D eigenvalue weighted by Gasteiger charge is -2.19. The Bertz CT molecular complexity index is 482. The highest BCUT2D eigenvalue weighted by molar-refractivity contribution is 7.90. The molecule has 0 amide bonds. The average molecular weight is 271 g/mol. The summed E-state index contributed by atoms with van der Waals surface area (Å²) in [6.45, 7) is 6.36. The second kappa shape index (κ2) is 6.17. The van der Waals surface area contributed by atoms with E-state index in [9.17, 15) is 8.42 Å². The SMILES string of the molecule is CCN(CC)S(=O)(=O)Nc1cccc(C(C)N)c1. The van der Waals surface area contributed by atoms with Crippen LogP contribution >= 0.6 is 0 Å². The highest BCUT2D eigenvalue weighted by Gasteiger charge is 2.18. The lowest BCUT2D eigenvalue weighted by Crippen LogP contribution is -2.35. The second-order valence-electron chi connectivity index (χ2n) is 4.11. The fourth-order valence-corrected chi connectivity index (χ4v) is 2.90. The van der Waals surface area contributed by atoms with Crippen molar-refractivity contribution in [1.29, 1.82) is 0 Å². The molecule has 1 atom stereocenters. The van der Waals surface area contributed by atoms with Gasteiger partial charge >= 0.3 is 10.2 Å². The van der Waals surface area contributed by atoms with Crippen LogP contribution in [-0.4, -0.2) is 25.8 Å². The van der Waals surface area contributed by atoms with E-state index in [4.69, 9.17) is 5.73 Å². The average Bonchev–Trinajstić information content (AvgIpc) is 2.29. The van der Waals surface area contributed by atoms with Crippen LogP contribution in [0.4, 0.5) is 5.69 Å². The Morgan fingerprint density at radius 3 is 2.44 bits per heavy atom. The summed E-state index contributed by atoms with van der Waals surface area (Å²) in [4.78, 5) is 0. The van der Waals surface area contributed by atoms with Gasteiger partial charge in [-0.3, -0.25) is 4.72 Å². The zero-order valence-corrected chi connectivity index (χ0v) is 11.9. The molecule has 0 saturated heterocycles. The fraction of sp³-hybridized carbons (Fsp3) is 0.500. The van der Waals surface area contributed by atoms with Crippen molar-refractivity contribution in [1.82, 2.24) is 4.31 Å². The van der Waals surface area contributed by atoms with E-state index in [2.05, 4.69) is 4.72 Å². The third-order valence-electron chi connectivity index (χ3n) is 2.70. The van der Waals surface area contributed by atoms with Gasteiger partial charge in [0.1, 0.15) is 0 Å². The molecule has 0 aromatic heterocycles. The summed E-state index contributed by atoms with van der Waals surface area (Å²) in [7, 11) is -3.48. The molecule has 102 valence electrons. The normalized spacial score (nSPS) is 13.6. The monoisotopic (exact) mass is 271 g/mol. The maximum atomic E-state index is 12.0. The summed E-state index contributed by atoms with van der Waals surface area (Å²) in [5, 5.41) is 0. The number of anilines is 1. The van der Waals surface area contributed by atoms with Crippen LogP contribution in [0.25, 0.3) is 0 Å². The molecule has 1 unspecified atom stereocenters. The fourth-order valence-electron chi connectivity index (χ4n) is 1.66. The van der Waals surface area contributed by atoms with Crippen LogP contribution in [0, 0.1) is 0 Å². The first kappa shape index (κ1) is 14.9. The van der Waals surface area contributed by atoms with Crippen molar-refractivity contribution in [2.24, 2.45) is 5.73 Å². The van der Waals surface area contributed by atoms with Crippen LogP contribution in [0.3, 0.4) is 0 Å². The topological polar surface area (TPSA) is 75.4 Å². The molecule has 0 aliphatic rings. The Labute approximate surface area is 109 Å². The van der Waals surface area contributed by atoms with Gasteiger partial charge in [-0.1, -0.05) is 26.0 Å². The predicted octanol–water partition coefficient (Wildman–Crippen LogP) is 1.70. The Kier molecular flexibility index (Phi) is 5.13. The summed E-state index contributed by atoms with van der Waals surface area (Å²) in [5.41, 5.74) is 7.21. The van der Waals surface area contributed by atoms with Gasteiger partial charge < -0.3 is 5.73 Å². The standard InChI is InChI=1S/C12H21N3O2S/c1-4-15(5-2)18(16,17)14-12-8-6-7-11(9-12)10(3)13/h6-10,14H,4-5,13H2,1-3H3. The van der Waals surface area contributed by atoms with E-state index in [1.807, 2.05) is 13.0 Å². The van der Waals surface area contributed by atoms with E-state index in [1.54, 1.807) is 32.0 Å². The maximum Gasteiger partial charge on any atom is 0.301 e. The van der Waals surface area contributed by atoms with Crippen LogP contribution < -0.4 is 10.5 Å². The van der Waals surface area contributed by atoms with Gasteiger partial charge in [0.25, 0.3) is 0 Å². The molecule has 0 fully saturated rings. The van der Waals surface area contributed by atoms with E-state index in [1.165, 1.54) is 4.31 Å². The molecule has 0 aliphatic carbocycles. The van der Waals surface area contributed by atoms with Crippen LogP contribution in [0.15, 0.2) is 24.3 Å². The summed E-state index contributed by atoms with van der Waals surface area (Å²) in [5.74, 6) is 0. The van der Waals surface area contributed by atoms with Crippen LogP contribution in [0.5, 0.6) is 0 Å². The molecule has 0 heterocycles. The minimum absolute atomic E-state index is 0.122. The molecule has 1 aromatic rings. The third kappa shape index (κ3) is 3.69. The molecule has 0 bridgehead atoms. The van der Waals surface area contributed by atoms with Gasteiger partial charge in [-0.05, 0) is 24.6 Å². The molecule has 6 heteroatoms. The summed E-state index contributed by atoms with van der Waals surface area (Å²) in [6.07, 6.45) is 0. The molecule has 0 saturated carbocycles. The number of nitrogens with one attached hydrogen (secondary N) is 1. The number of benzene rings is 1. The van der Waals surface area contributed by atoms with E-state index in [0.29, 0.717) is 18.8 Å². The minimum Gasteiger partial charge on any atom is -0.324 e. The summed E-state index contributed by atoms with van der Waals surface area (Å²) in [6, 6.07) is 7.01. The minimum atomic E-state index is -3.48. The third-order valence-corrected chi connectivity index (χ3v) is 4.39. The van der Waals surface area contributed by atoms with Crippen LogP contribution in [0.1, 0.15) is 32.4 Å². The maximum absolute atomic E-state index is 12.0. The molecular weight excluding hydrogens is 250 g/mol. The van der Waals surface area contributed by atoms with Crippen molar-refractivity contribution >= 4 is 15.9 Å². The number of nitrogens with zero attached hydrogens (tertiary/aromatic N) is 1. The molecule has 1 rings (SSSR count). The molecule has 0 radical (unpaired) electrons. The molecule has 1 aromatic carbocycles. The zero-order chi connectivity index (χ0) is 13.8. The quantitative estimate of drug-likeness (QED) is 0.827. The zero-order valence-electron chi connectivity index (χ0n) is 11.1. The Morgan fingerprint density at radius 1 is 1.33 bits per heavy atom. The van der Waals surface area contributed by atoms with Crippen molar-refractivity contribution in [3.8, 4) is 0 Å². The Balaban J connectivity index is 2.94. The van der Waals surface area contributed by atoms with E-state index in [-0.39, 0.29) is 6.04 Å². The molecule has 0 aliphatic heterocycles. The van der Waals surface area contributed by atoms with Crippen LogP contribution in [-0.2, 0) is 10.2 Å². The Morgan fingerprint density at radius 2 is 1.94 bits per heavy atom. The van der Waals surface area contributed by atoms with E-state index in [0.717, 1.165) is 5.56 Å². The number of rotatable bonds is 6. The van der Waals surface area contributed by atoms with Crippen molar-refractivity contribution in [2.45, 2.75) is 26.8 Å². The highest BCUT2D eigenvalue weighted by Crippen LogP contribution is 2.17. The Hall–Kier alpha value is -1.11. The summed E-state index contributed by atoms with van der Waals surface area (Å²) >= 11 is 0. The largest absolute Gasteiger partial charge is 0.324 e. The van der Waals surface area contributed by atoms with Gasteiger partial charge in [0, 0.05) is 19.1 Å². The van der Waals surface area contributed by atoms with Crippen LogP contribution in [0.2, 0.25) is 0 Å². The van der Waals surface area contributed by atoms with Gasteiger partial charge in [-0.15, -0.1) is 0 Å². The number of hydrogen-bond acceptors (Lipinski definition) is 3. The molecular formula is C12H21N3O2S. The van der Waals surface area contributed by atoms with Crippen molar-refractivity contribution in [3.05, 3.63) is 29.8 Å². The van der Waals surface area contributed by atoms with Crippen molar-refractivity contribution < 1.29 is 8.42 Å². The molecule has 3 N–H and O–H groups in total. The lowest BCUT2D eigenvalue weighted by molar-refractivity contribution is 0.449. The van der Waals surface area contributed by atoms with Crippen molar-refractivity contribution in [3.63, 3.8) is 0 Å². The first-order chi connectivity index (χ1) is 8.40. The second-order valence-corrected chi connectivity index (χ2v) is 5.78. The highest BCUT2D eigenvalue weighted by atomic mass is 32.2. The van der Waals surface area contributed by atoms with Gasteiger partial charge in [-0.25, -0.2) is 0 Å². The molecule has 18 heavy (non-hydrogen) atoms. The molecule has 5 nitrogen and oxygen atoms in total. The van der Waals surface area contributed by atoms with E-state index < -0.39 is 10.2 Å².